The average Bonchev–Trinajstić information content (AvgIpc) is 2.46. The molecule has 0 spiro atoms. The first-order valence-electron chi connectivity index (χ1n) is 5.37. The number of nitrogens with two attached hydrogens (primary N) is 1. The van der Waals surface area contributed by atoms with Gasteiger partial charge in [-0.15, -0.1) is 0 Å². The zero-order valence-electron chi connectivity index (χ0n) is 10.1. The van der Waals surface area contributed by atoms with Gasteiger partial charge in [0.15, 0.2) is 29.1 Å². The summed E-state index contributed by atoms with van der Waals surface area (Å²) in [5.41, 5.74) is 3.77. The van der Waals surface area contributed by atoms with Gasteiger partial charge in [-0.05, 0) is 12.1 Å². The molecule has 0 atom stereocenters. The lowest BCUT2D eigenvalue weighted by Crippen LogP contribution is -2.20. The van der Waals surface area contributed by atoms with Crippen LogP contribution in [0.2, 0.25) is 0 Å². The van der Waals surface area contributed by atoms with E-state index in [0.717, 1.165) is 0 Å². The molecule has 0 aliphatic carbocycles. The minimum absolute atomic E-state index is 0.0466. The highest BCUT2D eigenvalue weighted by atomic mass is 19.2. The van der Waals surface area contributed by atoms with E-state index in [4.69, 9.17) is 5.73 Å². The van der Waals surface area contributed by atoms with Gasteiger partial charge in [0, 0.05) is 6.20 Å². The molecule has 0 saturated carbocycles. The number of nitrogens with zero attached hydrogens (tertiary/aromatic N) is 1. The highest BCUT2D eigenvalue weighted by Gasteiger charge is 2.30. The van der Waals surface area contributed by atoms with E-state index < -0.39 is 40.6 Å². The molecule has 0 bridgehead atoms. The van der Waals surface area contributed by atoms with Crippen molar-refractivity contribution >= 4 is 17.4 Å². The van der Waals surface area contributed by atoms with Crippen LogP contribution in [0.25, 0.3) is 0 Å². The molecule has 0 fully saturated rings. The van der Waals surface area contributed by atoms with Crippen molar-refractivity contribution in [3.05, 3.63) is 53.0 Å². The van der Waals surface area contributed by atoms with Crippen molar-refractivity contribution in [1.29, 1.82) is 0 Å². The first kappa shape index (κ1) is 14.7. The molecule has 3 N–H and O–H groups in total. The molecule has 1 aromatic carbocycles. The predicted molar refractivity (Wildman–Crippen MR) is 62.8 cm³/mol. The van der Waals surface area contributed by atoms with Gasteiger partial charge in [-0.3, -0.25) is 4.79 Å². The van der Waals surface area contributed by atoms with Gasteiger partial charge in [-0.2, -0.15) is 0 Å². The maximum atomic E-state index is 13.4. The molecule has 4 nitrogen and oxygen atoms in total. The van der Waals surface area contributed by atoms with Crippen LogP contribution in [-0.2, 0) is 0 Å². The molecule has 1 aromatic heterocycles. The number of amides is 1. The third kappa shape index (κ3) is 2.49. The zero-order chi connectivity index (χ0) is 15.7. The van der Waals surface area contributed by atoms with E-state index in [-0.39, 0.29) is 11.5 Å². The number of carbonyl (C=O) groups is 1. The maximum Gasteiger partial charge on any atom is 0.263 e. The van der Waals surface area contributed by atoms with Crippen LogP contribution in [0.4, 0.5) is 33.5 Å². The second kappa shape index (κ2) is 5.35. The summed E-state index contributed by atoms with van der Waals surface area (Å²) in [4.78, 5) is 15.3. The topological polar surface area (TPSA) is 68.0 Å². The lowest BCUT2D eigenvalue weighted by Gasteiger charge is -2.09. The molecule has 1 heterocycles. The summed E-state index contributed by atoms with van der Waals surface area (Å²) in [5, 5.41) is 1.87. The molecule has 0 aliphatic heterocycles. The number of aromatic nitrogens is 1. The van der Waals surface area contributed by atoms with E-state index in [2.05, 4.69) is 4.98 Å². The largest absolute Gasteiger partial charge is 0.396 e. The fraction of sp³-hybridized carbons (Fsp3) is 0. The number of halogens is 5. The molecule has 0 radical (unpaired) electrons. The smallest absolute Gasteiger partial charge is 0.263 e. The van der Waals surface area contributed by atoms with Crippen molar-refractivity contribution in [2.24, 2.45) is 0 Å². The molecule has 0 aliphatic rings. The Morgan fingerprint density at radius 3 is 2.05 bits per heavy atom. The average molecular weight is 303 g/mol. The van der Waals surface area contributed by atoms with Crippen LogP contribution in [0, 0.1) is 29.1 Å². The summed E-state index contributed by atoms with van der Waals surface area (Å²) in [6, 6.07) is 2.74. The van der Waals surface area contributed by atoms with Crippen molar-refractivity contribution in [3.63, 3.8) is 0 Å². The van der Waals surface area contributed by atoms with Gasteiger partial charge < -0.3 is 11.1 Å². The van der Waals surface area contributed by atoms with Crippen molar-refractivity contribution in [2.45, 2.75) is 0 Å². The number of benzene rings is 1. The van der Waals surface area contributed by atoms with Crippen LogP contribution in [0.5, 0.6) is 0 Å². The lowest BCUT2D eigenvalue weighted by molar-refractivity contribution is 0.101. The number of anilines is 2. The van der Waals surface area contributed by atoms with Crippen LogP contribution in [0.15, 0.2) is 18.3 Å². The molecule has 21 heavy (non-hydrogen) atoms. The minimum Gasteiger partial charge on any atom is -0.396 e. The van der Waals surface area contributed by atoms with Gasteiger partial charge in [0.25, 0.3) is 5.91 Å². The number of carbonyl (C=O) groups excluding carboxylic acids is 1. The van der Waals surface area contributed by atoms with Crippen molar-refractivity contribution in [3.8, 4) is 0 Å². The van der Waals surface area contributed by atoms with Gasteiger partial charge in [-0.1, -0.05) is 0 Å². The van der Waals surface area contributed by atoms with Crippen molar-refractivity contribution < 1.29 is 26.7 Å². The molecule has 0 unspecified atom stereocenters. The number of rotatable bonds is 2. The SMILES string of the molecule is Nc1cccnc1NC(=O)c1c(F)c(F)c(F)c(F)c1F. The van der Waals surface area contributed by atoms with E-state index in [0.29, 0.717) is 0 Å². The first-order valence-corrected chi connectivity index (χ1v) is 5.37. The quantitative estimate of drug-likeness (QED) is 0.509. The highest BCUT2D eigenvalue weighted by molar-refractivity contribution is 6.05. The summed E-state index contributed by atoms with van der Waals surface area (Å²) >= 11 is 0. The molecule has 110 valence electrons. The summed E-state index contributed by atoms with van der Waals surface area (Å²) in [6.45, 7) is 0. The normalized spacial score (nSPS) is 10.5. The van der Waals surface area contributed by atoms with Crippen LogP contribution in [-0.4, -0.2) is 10.9 Å². The number of pyridine rings is 1. The Balaban J connectivity index is 2.48. The second-order valence-electron chi connectivity index (χ2n) is 3.84. The van der Waals surface area contributed by atoms with Gasteiger partial charge >= 0.3 is 0 Å². The fourth-order valence-electron chi connectivity index (χ4n) is 1.50. The van der Waals surface area contributed by atoms with E-state index in [1.165, 1.54) is 18.3 Å². The third-order valence-electron chi connectivity index (χ3n) is 2.51. The summed E-state index contributed by atoms with van der Waals surface area (Å²) < 4.78 is 65.7. The third-order valence-corrected chi connectivity index (χ3v) is 2.51. The first-order chi connectivity index (χ1) is 9.84. The van der Waals surface area contributed by atoms with E-state index >= 15 is 0 Å². The Kier molecular flexibility index (Phi) is 3.74. The van der Waals surface area contributed by atoms with Crippen molar-refractivity contribution in [1.82, 2.24) is 4.98 Å². The summed E-state index contributed by atoms with van der Waals surface area (Å²) in [6.07, 6.45) is 1.21. The standard InChI is InChI=1S/C12H6F5N3O/c13-6-5(7(14)9(16)10(17)8(6)15)12(21)20-11-4(18)2-1-3-19-11/h1-3H,18H2,(H,19,20,21). The van der Waals surface area contributed by atoms with E-state index in [9.17, 15) is 26.7 Å². The molecule has 9 heteroatoms. The van der Waals surface area contributed by atoms with E-state index in [1.807, 2.05) is 5.32 Å². The van der Waals surface area contributed by atoms with Gasteiger partial charge in [0.2, 0.25) is 5.82 Å². The highest BCUT2D eigenvalue weighted by Crippen LogP contribution is 2.24. The molecule has 1 amide bonds. The number of hydrogen-bond donors (Lipinski definition) is 2. The summed E-state index contributed by atoms with van der Waals surface area (Å²) in [7, 11) is 0. The van der Waals surface area contributed by atoms with Crippen LogP contribution >= 0.6 is 0 Å². The van der Waals surface area contributed by atoms with E-state index in [1.54, 1.807) is 0 Å². The van der Waals surface area contributed by atoms with Gasteiger partial charge in [0.1, 0.15) is 5.56 Å². The number of nitrogens with one attached hydrogen (secondary N) is 1. The zero-order valence-corrected chi connectivity index (χ0v) is 10.1. The van der Waals surface area contributed by atoms with Crippen LogP contribution < -0.4 is 11.1 Å². The van der Waals surface area contributed by atoms with Crippen molar-refractivity contribution in [2.75, 3.05) is 11.1 Å². The Labute approximate surface area is 114 Å². The monoisotopic (exact) mass is 303 g/mol. The number of nitrogen functional groups attached to an aromatic ring is 1. The molecule has 0 saturated heterocycles. The van der Waals surface area contributed by atoms with Crippen LogP contribution in [0.1, 0.15) is 10.4 Å². The maximum absolute atomic E-state index is 13.4. The molecular formula is C12H6F5N3O. The Hall–Kier alpha value is -2.71. The Morgan fingerprint density at radius 1 is 1.00 bits per heavy atom. The molecule has 2 rings (SSSR count). The molecular weight excluding hydrogens is 297 g/mol. The predicted octanol–water partition coefficient (Wildman–Crippen LogP) is 2.61. The van der Waals surface area contributed by atoms with Gasteiger partial charge in [0.05, 0.1) is 5.69 Å². The second-order valence-corrected chi connectivity index (χ2v) is 3.84. The van der Waals surface area contributed by atoms with Gasteiger partial charge in [-0.25, -0.2) is 26.9 Å². The minimum atomic E-state index is -2.35. The summed E-state index contributed by atoms with van der Waals surface area (Å²) in [5.74, 6) is -13.1. The number of hydrogen-bond acceptors (Lipinski definition) is 3. The Morgan fingerprint density at radius 2 is 1.52 bits per heavy atom. The van der Waals surface area contributed by atoms with Crippen LogP contribution in [0.3, 0.4) is 0 Å². The Bertz CT molecular complexity index is 706. The lowest BCUT2D eigenvalue weighted by atomic mass is 10.1. The molecule has 2 aromatic rings. The fourth-order valence-corrected chi connectivity index (χ4v) is 1.50.